The molecule has 0 aromatic heterocycles. The van der Waals surface area contributed by atoms with Gasteiger partial charge in [-0.3, -0.25) is 4.79 Å². The standard InChI is InChI=1S/C12H14BrNO4S/c1-8-4-5-11(9(13)7-8)19(17,18)14-6-2-3-10(14)12(15)16/h4-5,7,10H,2-3,6H2,1H3,(H,15,16)/t10-/m0/s1. The average Bonchev–Trinajstić information content (AvgIpc) is 2.77. The molecule has 1 N–H and O–H groups in total. The molecule has 1 atom stereocenters. The highest BCUT2D eigenvalue weighted by molar-refractivity contribution is 9.10. The number of carboxylic acids is 1. The van der Waals surface area contributed by atoms with Crippen LogP contribution in [0.25, 0.3) is 0 Å². The van der Waals surface area contributed by atoms with Gasteiger partial charge in [-0.05, 0) is 53.4 Å². The van der Waals surface area contributed by atoms with E-state index in [0.29, 0.717) is 17.3 Å². The predicted octanol–water partition coefficient (Wildman–Crippen LogP) is 2.00. The van der Waals surface area contributed by atoms with Gasteiger partial charge in [0.05, 0.1) is 4.90 Å². The molecular weight excluding hydrogens is 334 g/mol. The van der Waals surface area contributed by atoms with Gasteiger partial charge in [-0.2, -0.15) is 4.31 Å². The molecule has 5 nitrogen and oxygen atoms in total. The maximum atomic E-state index is 12.5. The Kier molecular flexibility index (Phi) is 3.98. The fourth-order valence-corrected chi connectivity index (χ4v) is 5.02. The van der Waals surface area contributed by atoms with Crippen molar-refractivity contribution in [2.45, 2.75) is 30.7 Å². The van der Waals surface area contributed by atoms with Crippen LogP contribution in [-0.4, -0.2) is 36.4 Å². The van der Waals surface area contributed by atoms with Crippen LogP contribution in [-0.2, 0) is 14.8 Å². The fourth-order valence-electron chi connectivity index (χ4n) is 2.22. The molecule has 1 aliphatic rings. The van der Waals surface area contributed by atoms with Crippen LogP contribution in [0.15, 0.2) is 27.6 Å². The van der Waals surface area contributed by atoms with Crippen LogP contribution in [0.4, 0.5) is 0 Å². The zero-order valence-corrected chi connectivity index (χ0v) is 12.7. The highest BCUT2D eigenvalue weighted by Crippen LogP contribution is 2.30. The molecule has 0 aliphatic carbocycles. The first-order chi connectivity index (χ1) is 8.84. The maximum Gasteiger partial charge on any atom is 0.322 e. The monoisotopic (exact) mass is 347 g/mol. The summed E-state index contributed by atoms with van der Waals surface area (Å²) in [5.74, 6) is -1.09. The van der Waals surface area contributed by atoms with Gasteiger partial charge >= 0.3 is 5.97 Å². The Morgan fingerprint density at radius 1 is 1.47 bits per heavy atom. The van der Waals surface area contributed by atoms with Gasteiger partial charge in [0.15, 0.2) is 0 Å². The molecule has 1 aliphatic heterocycles. The van der Waals surface area contributed by atoms with E-state index in [2.05, 4.69) is 15.9 Å². The summed E-state index contributed by atoms with van der Waals surface area (Å²) in [5, 5.41) is 9.09. The second-order valence-corrected chi connectivity index (χ2v) is 7.26. The van der Waals surface area contributed by atoms with E-state index in [9.17, 15) is 13.2 Å². The first kappa shape index (κ1) is 14.5. The van der Waals surface area contributed by atoms with E-state index >= 15 is 0 Å². The summed E-state index contributed by atoms with van der Waals surface area (Å²) in [4.78, 5) is 11.2. The molecule has 104 valence electrons. The summed E-state index contributed by atoms with van der Waals surface area (Å²) in [7, 11) is -3.77. The number of nitrogens with zero attached hydrogens (tertiary/aromatic N) is 1. The molecule has 0 unspecified atom stereocenters. The van der Waals surface area contributed by atoms with E-state index in [1.54, 1.807) is 12.1 Å². The van der Waals surface area contributed by atoms with Gasteiger partial charge in [0.2, 0.25) is 10.0 Å². The van der Waals surface area contributed by atoms with Gasteiger partial charge in [-0.15, -0.1) is 0 Å². The van der Waals surface area contributed by atoms with Crippen LogP contribution in [0.2, 0.25) is 0 Å². The molecule has 1 aromatic carbocycles. The van der Waals surface area contributed by atoms with Crippen molar-refractivity contribution in [2.75, 3.05) is 6.54 Å². The van der Waals surface area contributed by atoms with Crippen LogP contribution < -0.4 is 0 Å². The number of halogens is 1. The van der Waals surface area contributed by atoms with Gasteiger partial charge < -0.3 is 5.11 Å². The molecule has 0 amide bonds. The third kappa shape index (κ3) is 2.68. The molecule has 1 heterocycles. The number of hydrogen-bond donors (Lipinski definition) is 1. The molecule has 2 rings (SSSR count). The number of carbonyl (C=O) groups is 1. The Labute approximate surface area is 120 Å². The van der Waals surface area contributed by atoms with E-state index < -0.39 is 22.0 Å². The van der Waals surface area contributed by atoms with Gasteiger partial charge in [0.1, 0.15) is 6.04 Å². The summed E-state index contributed by atoms with van der Waals surface area (Å²) < 4.78 is 26.6. The highest BCUT2D eigenvalue weighted by Gasteiger charge is 2.40. The van der Waals surface area contributed by atoms with Crippen molar-refractivity contribution in [1.82, 2.24) is 4.31 Å². The molecule has 19 heavy (non-hydrogen) atoms. The summed E-state index contributed by atoms with van der Waals surface area (Å²) in [6.07, 6.45) is 0.928. The van der Waals surface area contributed by atoms with Crippen LogP contribution in [0, 0.1) is 6.92 Å². The normalized spacial score (nSPS) is 20.6. The van der Waals surface area contributed by atoms with E-state index in [4.69, 9.17) is 5.11 Å². The molecule has 7 heteroatoms. The van der Waals surface area contributed by atoms with Crippen LogP contribution in [0.1, 0.15) is 18.4 Å². The van der Waals surface area contributed by atoms with E-state index in [0.717, 1.165) is 9.87 Å². The third-order valence-corrected chi connectivity index (χ3v) is 6.05. The smallest absolute Gasteiger partial charge is 0.322 e. The molecule has 0 saturated carbocycles. The lowest BCUT2D eigenvalue weighted by Gasteiger charge is -2.21. The van der Waals surface area contributed by atoms with Crippen molar-refractivity contribution in [3.8, 4) is 0 Å². The predicted molar refractivity (Wildman–Crippen MR) is 73.4 cm³/mol. The topological polar surface area (TPSA) is 74.7 Å². The minimum absolute atomic E-state index is 0.117. The van der Waals surface area contributed by atoms with E-state index in [1.165, 1.54) is 6.07 Å². The van der Waals surface area contributed by atoms with Crippen molar-refractivity contribution >= 4 is 31.9 Å². The summed E-state index contributed by atoms with van der Waals surface area (Å²) in [6, 6.07) is 3.95. The van der Waals surface area contributed by atoms with Gasteiger partial charge in [0, 0.05) is 11.0 Å². The number of sulfonamides is 1. The quantitative estimate of drug-likeness (QED) is 0.907. The Bertz CT molecular complexity index is 614. The molecule has 0 bridgehead atoms. The number of aryl methyl sites for hydroxylation is 1. The molecule has 0 radical (unpaired) electrons. The molecule has 0 spiro atoms. The minimum atomic E-state index is -3.77. The Morgan fingerprint density at radius 3 is 2.74 bits per heavy atom. The van der Waals surface area contributed by atoms with Gasteiger partial charge in [0.25, 0.3) is 0 Å². The first-order valence-electron chi connectivity index (χ1n) is 5.85. The Hall–Kier alpha value is -0.920. The zero-order valence-electron chi connectivity index (χ0n) is 10.3. The largest absolute Gasteiger partial charge is 0.480 e. The van der Waals surface area contributed by atoms with E-state index in [-0.39, 0.29) is 11.4 Å². The lowest BCUT2D eigenvalue weighted by Crippen LogP contribution is -2.40. The number of carboxylic acid groups (broad SMARTS) is 1. The number of aliphatic carboxylic acids is 1. The third-order valence-electron chi connectivity index (χ3n) is 3.16. The van der Waals surface area contributed by atoms with Crippen LogP contribution >= 0.6 is 15.9 Å². The van der Waals surface area contributed by atoms with Gasteiger partial charge in [-0.1, -0.05) is 6.07 Å². The number of benzene rings is 1. The molecule has 1 aromatic rings. The van der Waals surface area contributed by atoms with Crippen LogP contribution in [0.5, 0.6) is 0 Å². The van der Waals surface area contributed by atoms with Crippen molar-refractivity contribution in [3.63, 3.8) is 0 Å². The fraction of sp³-hybridized carbons (Fsp3) is 0.417. The first-order valence-corrected chi connectivity index (χ1v) is 8.08. The van der Waals surface area contributed by atoms with Crippen molar-refractivity contribution in [3.05, 3.63) is 28.2 Å². The molecule has 1 fully saturated rings. The van der Waals surface area contributed by atoms with Crippen molar-refractivity contribution in [1.29, 1.82) is 0 Å². The molecule has 1 saturated heterocycles. The summed E-state index contributed by atoms with van der Waals surface area (Å²) >= 11 is 3.23. The van der Waals surface area contributed by atoms with E-state index in [1.807, 2.05) is 6.92 Å². The Morgan fingerprint density at radius 2 is 2.16 bits per heavy atom. The molecular formula is C12H14BrNO4S. The summed E-state index contributed by atoms with van der Waals surface area (Å²) in [5.41, 5.74) is 0.932. The average molecular weight is 348 g/mol. The zero-order chi connectivity index (χ0) is 14.2. The van der Waals surface area contributed by atoms with Crippen molar-refractivity contribution < 1.29 is 18.3 Å². The maximum absolute atomic E-state index is 12.5. The summed E-state index contributed by atoms with van der Waals surface area (Å²) in [6.45, 7) is 2.11. The lowest BCUT2D eigenvalue weighted by molar-refractivity contribution is -0.140. The van der Waals surface area contributed by atoms with Crippen LogP contribution in [0.3, 0.4) is 0 Å². The number of hydrogen-bond acceptors (Lipinski definition) is 3. The highest BCUT2D eigenvalue weighted by atomic mass is 79.9. The second kappa shape index (κ2) is 5.22. The SMILES string of the molecule is Cc1ccc(S(=O)(=O)N2CCC[C@H]2C(=O)O)c(Br)c1. The number of rotatable bonds is 3. The minimum Gasteiger partial charge on any atom is -0.480 e. The second-order valence-electron chi connectivity index (χ2n) is 4.55. The lowest BCUT2D eigenvalue weighted by atomic mass is 10.2. The van der Waals surface area contributed by atoms with Gasteiger partial charge in [-0.25, -0.2) is 8.42 Å². The Balaban J connectivity index is 2.45. The van der Waals surface area contributed by atoms with Crippen molar-refractivity contribution in [2.24, 2.45) is 0 Å².